The van der Waals surface area contributed by atoms with Crippen molar-refractivity contribution in [1.29, 1.82) is 0 Å². The highest BCUT2D eigenvalue weighted by atomic mass is 16.5. The van der Waals surface area contributed by atoms with Crippen molar-refractivity contribution in [3.8, 4) is 0 Å². The Balaban J connectivity index is 2.03. The predicted octanol–water partition coefficient (Wildman–Crippen LogP) is 2.36. The summed E-state index contributed by atoms with van der Waals surface area (Å²) in [6.07, 6.45) is 1.89. The number of rotatable bonds is 2. The van der Waals surface area contributed by atoms with Gasteiger partial charge in [-0.2, -0.15) is 0 Å². The van der Waals surface area contributed by atoms with Gasteiger partial charge in [-0.3, -0.25) is 4.99 Å². The lowest BCUT2D eigenvalue weighted by Crippen LogP contribution is -2.15. The standard InChI is InChI=1S/C12H15NO/c1-10-3-5-11(6-4-10)9-12-13-7-2-8-14-12/h3-6H,2,7-9H2,1H3. The van der Waals surface area contributed by atoms with E-state index in [9.17, 15) is 0 Å². The second kappa shape index (κ2) is 4.27. The normalized spacial score (nSPS) is 15.9. The smallest absolute Gasteiger partial charge is 0.187 e. The maximum atomic E-state index is 5.46. The number of hydrogen-bond donors (Lipinski definition) is 0. The van der Waals surface area contributed by atoms with Gasteiger partial charge in [0.2, 0.25) is 0 Å². The Bertz CT molecular complexity index is 327. The molecule has 1 heterocycles. The van der Waals surface area contributed by atoms with Crippen molar-refractivity contribution < 1.29 is 4.74 Å². The van der Waals surface area contributed by atoms with E-state index in [0.717, 1.165) is 31.9 Å². The van der Waals surface area contributed by atoms with E-state index in [-0.39, 0.29) is 0 Å². The fourth-order valence-electron chi connectivity index (χ4n) is 1.49. The summed E-state index contributed by atoms with van der Waals surface area (Å²) in [6.45, 7) is 3.84. The van der Waals surface area contributed by atoms with E-state index >= 15 is 0 Å². The van der Waals surface area contributed by atoms with Crippen LogP contribution in [0.25, 0.3) is 0 Å². The van der Waals surface area contributed by atoms with Gasteiger partial charge in [-0.25, -0.2) is 0 Å². The van der Waals surface area contributed by atoms with Crippen molar-refractivity contribution in [3.63, 3.8) is 0 Å². The minimum Gasteiger partial charge on any atom is -0.481 e. The van der Waals surface area contributed by atoms with Gasteiger partial charge in [0.1, 0.15) is 0 Å². The molecule has 0 aromatic heterocycles. The molecule has 0 aliphatic carbocycles. The molecule has 1 aliphatic rings. The third-order valence-electron chi connectivity index (χ3n) is 2.34. The number of nitrogens with zero attached hydrogens (tertiary/aromatic N) is 1. The Morgan fingerprint density at radius 1 is 1.29 bits per heavy atom. The molecule has 2 nitrogen and oxygen atoms in total. The number of aryl methyl sites for hydroxylation is 1. The lowest BCUT2D eigenvalue weighted by molar-refractivity contribution is 0.276. The van der Waals surface area contributed by atoms with Gasteiger partial charge in [0.25, 0.3) is 0 Å². The van der Waals surface area contributed by atoms with Crippen LogP contribution in [0, 0.1) is 6.92 Å². The Hall–Kier alpha value is -1.31. The zero-order valence-corrected chi connectivity index (χ0v) is 8.49. The molecule has 0 bridgehead atoms. The maximum Gasteiger partial charge on any atom is 0.187 e. The SMILES string of the molecule is Cc1ccc(CC2=NCCCO2)cc1. The van der Waals surface area contributed by atoms with Crippen molar-refractivity contribution in [2.75, 3.05) is 13.2 Å². The van der Waals surface area contributed by atoms with E-state index in [1.165, 1.54) is 11.1 Å². The van der Waals surface area contributed by atoms with Crippen LogP contribution < -0.4 is 0 Å². The molecule has 14 heavy (non-hydrogen) atoms. The van der Waals surface area contributed by atoms with E-state index in [1.54, 1.807) is 0 Å². The lowest BCUT2D eigenvalue weighted by Gasteiger charge is -2.13. The molecule has 0 amide bonds. The van der Waals surface area contributed by atoms with Crippen molar-refractivity contribution in [3.05, 3.63) is 35.4 Å². The van der Waals surface area contributed by atoms with Crippen LogP contribution >= 0.6 is 0 Å². The molecule has 0 fully saturated rings. The molecular weight excluding hydrogens is 174 g/mol. The van der Waals surface area contributed by atoms with Gasteiger partial charge in [0, 0.05) is 19.4 Å². The quantitative estimate of drug-likeness (QED) is 0.699. The summed E-state index contributed by atoms with van der Waals surface area (Å²) < 4.78 is 5.46. The van der Waals surface area contributed by atoms with Gasteiger partial charge < -0.3 is 4.74 Å². The third kappa shape index (κ3) is 2.34. The monoisotopic (exact) mass is 189 g/mol. The topological polar surface area (TPSA) is 21.6 Å². The van der Waals surface area contributed by atoms with Crippen molar-refractivity contribution in [2.24, 2.45) is 4.99 Å². The predicted molar refractivity (Wildman–Crippen MR) is 57.8 cm³/mol. The lowest BCUT2D eigenvalue weighted by atomic mass is 10.1. The molecule has 74 valence electrons. The molecule has 0 atom stereocenters. The summed E-state index contributed by atoms with van der Waals surface area (Å²) >= 11 is 0. The summed E-state index contributed by atoms with van der Waals surface area (Å²) in [5.41, 5.74) is 2.57. The van der Waals surface area contributed by atoms with Crippen LogP contribution in [0.1, 0.15) is 17.5 Å². The Labute approximate surface area is 84.6 Å². The molecule has 2 heteroatoms. The highest BCUT2D eigenvalue weighted by Crippen LogP contribution is 2.07. The highest BCUT2D eigenvalue weighted by Gasteiger charge is 2.06. The second-order valence-corrected chi connectivity index (χ2v) is 3.64. The van der Waals surface area contributed by atoms with E-state index in [1.807, 2.05) is 0 Å². The summed E-state index contributed by atoms with van der Waals surface area (Å²) in [4.78, 5) is 4.34. The molecule has 2 rings (SSSR count). The number of hydrogen-bond acceptors (Lipinski definition) is 2. The van der Waals surface area contributed by atoms with E-state index < -0.39 is 0 Å². The van der Waals surface area contributed by atoms with Crippen LogP contribution in [-0.2, 0) is 11.2 Å². The largest absolute Gasteiger partial charge is 0.481 e. The van der Waals surface area contributed by atoms with Crippen molar-refractivity contribution in [1.82, 2.24) is 0 Å². The first-order valence-corrected chi connectivity index (χ1v) is 5.06. The minimum atomic E-state index is 0.824. The molecule has 0 unspecified atom stereocenters. The second-order valence-electron chi connectivity index (χ2n) is 3.64. The molecule has 0 radical (unpaired) electrons. The average Bonchev–Trinajstić information content (AvgIpc) is 2.23. The minimum absolute atomic E-state index is 0.824. The van der Waals surface area contributed by atoms with E-state index in [0.29, 0.717) is 0 Å². The summed E-state index contributed by atoms with van der Waals surface area (Å²) in [5.74, 6) is 0.889. The number of aliphatic imine (C=N–C) groups is 1. The zero-order valence-electron chi connectivity index (χ0n) is 8.49. The van der Waals surface area contributed by atoms with Crippen LogP contribution in [-0.4, -0.2) is 19.0 Å². The van der Waals surface area contributed by atoms with Gasteiger partial charge in [-0.05, 0) is 12.5 Å². The van der Waals surface area contributed by atoms with Crippen LogP contribution in [0.5, 0.6) is 0 Å². The van der Waals surface area contributed by atoms with Crippen molar-refractivity contribution in [2.45, 2.75) is 19.8 Å². The first-order chi connectivity index (χ1) is 6.84. The van der Waals surface area contributed by atoms with Gasteiger partial charge >= 0.3 is 0 Å². The van der Waals surface area contributed by atoms with Gasteiger partial charge in [-0.1, -0.05) is 29.8 Å². The third-order valence-corrected chi connectivity index (χ3v) is 2.34. The maximum absolute atomic E-state index is 5.46. The zero-order chi connectivity index (χ0) is 9.80. The molecule has 1 aliphatic heterocycles. The molecule has 0 N–H and O–H groups in total. The summed E-state index contributed by atoms with van der Waals surface area (Å²) in [7, 11) is 0. The van der Waals surface area contributed by atoms with Crippen molar-refractivity contribution >= 4 is 5.90 Å². The average molecular weight is 189 g/mol. The molecule has 1 aromatic carbocycles. The van der Waals surface area contributed by atoms with Gasteiger partial charge in [0.05, 0.1) is 6.61 Å². The molecule has 0 saturated heterocycles. The van der Waals surface area contributed by atoms with Crippen LogP contribution in [0.2, 0.25) is 0 Å². The summed E-state index contributed by atoms with van der Waals surface area (Å²) in [5, 5.41) is 0. The Kier molecular flexibility index (Phi) is 2.82. The fourth-order valence-corrected chi connectivity index (χ4v) is 1.49. The molecular formula is C12H15NO. The molecule has 0 saturated carbocycles. The summed E-state index contributed by atoms with van der Waals surface area (Å²) in [6, 6.07) is 8.52. The highest BCUT2D eigenvalue weighted by molar-refractivity contribution is 5.79. The number of ether oxygens (including phenoxy) is 1. The Morgan fingerprint density at radius 3 is 2.71 bits per heavy atom. The number of benzene rings is 1. The van der Waals surface area contributed by atoms with Gasteiger partial charge in [-0.15, -0.1) is 0 Å². The fraction of sp³-hybridized carbons (Fsp3) is 0.417. The van der Waals surface area contributed by atoms with E-state index in [2.05, 4.69) is 36.2 Å². The van der Waals surface area contributed by atoms with E-state index in [4.69, 9.17) is 4.74 Å². The first kappa shape index (κ1) is 9.25. The van der Waals surface area contributed by atoms with Gasteiger partial charge in [0.15, 0.2) is 5.90 Å². The molecule has 0 spiro atoms. The van der Waals surface area contributed by atoms with Crippen LogP contribution in [0.3, 0.4) is 0 Å². The Morgan fingerprint density at radius 2 is 2.07 bits per heavy atom. The molecule has 1 aromatic rings. The van der Waals surface area contributed by atoms with Crippen LogP contribution in [0.15, 0.2) is 29.3 Å². The first-order valence-electron chi connectivity index (χ1n) is 5.06. The van der Waals surface area contributed by atoms with Crippen LogP contribution in [0.4, 0.5) is 0 Å².